The van der Waals surface area contributed by atoms with Crippen LogP contribution in [0.2, 0.25) is 0 Å². The second-order valence-corrected chi connectivity index (χ2v) is 5.77. The van der Waals surface area contributed by atoms with E-state index in [1.165, 1.54) is 12.8 Å². The van der Waals surface area contributed by atoms with Crippen LogP contribution >= 0.6 is 0 Å². The maximum Gasteiger partial charge on any atom is 0.362 e. The second kappa shape index (κ2) is 5.40. The van der Waals surface area contributed by atoms with E-state index in [2.05, 4.69) is 10.3 Å². The molecule has 1 aliphatic carbocycles. The molecular formula is C17H17N3O2. The lowest BCUT2D eigenvalue weighted by atomic mass is 10.0. The number of rotatable bonds is 1. The van der Waals surface area contributed by atoms with Gasteiger partial charge in [-0.05, 0) is 37.8 Å². The summed E-state index contributed by atoms with van der Waals surface area (Å²) in [5.41, 5.74) is 2.76. The van der Waals surface area contributed by atoms with Crippen LogP contribution in [0.1, 0.15) is 37.1 Å². The zero-order valence-electron chi connectivity index (χ0n) is 12.3. The Balaban J connectivity index is 1.88. The molecule has 2 aromatic heterocycles. The van der Waals surface area contributed by atoms with Crippen LogP contribution in [0.3, 0.4) is 0 Å². The number of fused-ring (bicyclic) bond motifs is 2. The average Bonchev–Trinajstić information content (AvgIpc) is 2.88. The highest BCUT2D eigenvalue weighted by molar-refractivity contribution is 5.77. The Morgan fingerprint density at radius 3 is 2.77 bits per heavy atom. The molecule has 0 fully saturated rings. The molecular weight excluding hydrogens is 278 g/mol. The summed E-state index contributed by atoms with van der Waals surface area (Å²) < 4.78 is 7.10. The maximum absolute atomic E-state index is 12.3. The first-order chi connectivity index (χ1) is 10.8. The predicted molar refractivity (Wildman–Crippen MR) is 83.3 cm³/mol. The van der Waals surface area contributed by atoms with Crippen molar-refractivity contribution >= 4 is 11.0 Å². The summed E-state index contributed by atoms with van der Waals surface area (Å²) in [4.78, 5) is 12.3. The molecule has 5 heteroatoms. The predicted octanol–water partition coefficient (Wildman–Crippen LogP) is 3.03. The van der Waals surface area contributed by atoms with Crippen molar-refractivity contribution in [2.45, 2.75) is 38.5 Å². The minimum absolute atomic E-state index is 0.367. The van der Waals surface area contributed by atoms with E-state index in [9.17, 15) is 4.79 Å². The molecule has 112 valence electrons. The number of aromatic nitrogens is 3. The van der Waals surface area contributed by atoms with Gasteiger partial charge in [-0.3, -0.25) is 0 Å². The summed E-state index contributed by atoms with van der Waals surface area (Å²) in [5.74, 6) is 0. The van der Waals surface area contributed by atoms with Gasteiger partial charge in [0.2, 0.25) is 0 Å². The van der Waals surface area contributed by atoms with E-state index in [-0.39, 0.29) is 5.63 Å². The lowest BCUT2D eigenvalue weighted by Gasteiger charge is -2.10. The number of para-hydroxylation sites is 1. The van der Waals surface area contributed by atoms with Gasteiger partial charge in [0, 0.05) is 5.39 Å². The van der Waals surface area contributed by atoms with Gasteiger partial charge in [0.15, 0.2) is 5.69 Å². The molecule has 4 rings (SSSR count). The summed E-state index contributed by atoms with van der Waals surface area (Å²) in [6, 6.07) is 9.36. The molecule has 0 unspecified atom stereocenters. The maximum atomic E-state index is 12.3. The Labute approximate surface area is 127 Å². The van der Waals surface area contributed by atoms with Gasteiger partial charge in [0.1, 0.15) is 5.58 Å². The van der Waals surface area contributed by atoms with Crippen LogP contribution < -0.4 is 5.63 Å². The van der Waals surface area contributed by atoms with E-state index < -0.39 is 0 Å². The van der Waals surface area contributed by atoms with Gasteiger partial charge in [-0.1, -0.05) is 36.3 Å². The van der Waals surface area contributed by atoms with E-state index >= 15 is 0 Å². The highest BCUT2D eigenvalue weighted by atomic mass is 16.4. The van der Waals surface area contributed by atoms with Crippen molar-refractivity contribution in [1.29, 1.82) is 0 Å². The Morgan fingerprint density at radius 1 is 1.05 bits per heavy atom. The zero-order chi connectivity index (χ0) is 14.9. The van der Waals surface area contributed by atoms with E-state index in [1.807, 2.05) is 24.3 Å². The van der Waals surface area contributed by atoms with Crippen LogP contribution in [-0.4, -0.2) is 15.0 Å². The third kappa shape index (κ3) is 2.22. The van der Waals surface area contributed by atoms with Gasteiger partial charge in [-0.15, -0.1) is 5.10 Å². The molecule has 0 aliphatic heterocycles. The van der Waals surface area contributed by atoms with Crippen molar-refractivity contribution in [3.8, 4) is 5.69 Å². The SMILES string of the molecule is O=c1oc2ccccc2cc1-n1nnc2c1CCCCCC2. The lowest BCUT2D eigenvalue weighted by Crippen LogP contribution is -2.14. The van der Waals surface area contributed by atoms with E-state index in [4.69, 9.17) is 4.42 Å². The van der Waals surface area contributed by atoms with Crippen LogP contribution in [0.15, 0.2) is 39.5 Å². The third-order valence-corrected chi connectivity index (χ3v) is 4.27. The fourth-order valence-corrected chi connectivity index (χ4v) is 3.11. The third-order valence-electron chi connectivity index (χ3n) is 4.27. The van der Waals surface area contributed by atoms with Gasteiger partial charge in [-0.2, -0.15) is 0 Å². The molecule has 1 aliphatic rings. The highest BCUT2D eigenvalue weighted by Gasteiger charge is 2.18. The molecule has 3 aromatic rings. The molecule has 22 heavy (non-hydrogen) atoms. The van der Waals surface area contributed by atoms with Crippen molar-refractivity contribution in [3.05, 3.63) is 52.1 Å². The number of benzene rings is 1. The van der Waals surface area contributed by atoms with Crippen LogP contribution in [0.25, 0.3) is 16.7 Å². The molecule has 0 radical (unpaired) electrons. The van der Waals surface area contributed by atoms with E-state index in [0.29, 0.717) is 11.3 Å². The smallest absolute Gasteiger partial charge is 0.362 e. The van der Waals surface area contributed by atoms with E-state index in [0.717, 1.165) is 42.5 Å². The number of aryl methyl sites for hydroxylation is 1. The Kier molecular flexibility index (Phi) is 3.25. The number of hydrogen-bond donors (Lipinski definition) is 0. The quantitative estimate of drug-likeness (QED) is 0.647. The molecule has 0 N–H and O–H groups in total. The fourth-order valence-electron chi connectivity index (χ4n) is 3.11. The van der Waals surface area contributed by atoms with Crippen molar-refractivity contribution in [2.75, 3.05) is 0 Å². The van der Waals surface area contributed by atoms with Crippen LogP contribution in [0.4, 0.5) is 0 Å². The van der Waals surface area contributed by atoms with Crippen LogP contribution in [0, 0.1) is 0 Å². The molecule has 0 saturated heterocycles. The standard InChI is InChI=1S/C17H17N3O2/c21-17-15(11-12-7-5-6-10-16(12)22-17)20-14-9-4-2-1-3-8-13(14)18-19-20/h5-7,10-11H,1-4,8-9H2. The molecule has 1 aromatic carbocycles. The van der Waals surface area contributed by atoms with Crippen LogP contribution in [0.5, 0.6) is 0 Å². The Bertz CT molecular complexity index is 879. The summed E-state index contributed by atoms with van der Waals surface area (Å²) in [6.07, 6.45) is 6.56. The summed E-state index contributed by atoms with van der Waals surface area (Å²) in [5, 5.41) is 9.41. The Morgan fingerprint density at radius 2 is 1.86 bits per heavy atom. The largest absolute Gasteiger partial charge is 0.421 e. The fraction of sp³-hybridized carbons (Fsp3) is 0.353. The first-order valence-corrected chi connectivity index (χ1v) is 7.80. The molecule has 5 nitrogen and oxygen atoms in total. The first kappa shape index (κ1) is 13.2. The molecule has 0 bridgehead atoms. The second-order valence-electron chi connectivity index (χ2n) is 5.77. The normalized spacial score (nSPS) is 15.3. The molecule has 0 spiro atoms. The number of hydrogen-bond acceptors (Lipinski definition) is 4. The average molecular weight is 295 g/mol. The van der Waals surface area contributed by atoms with Crippen molar-refractivity contribution < 1.29 is 4.42 Å². The van der Waals surface area contributed by atoms with E-state index in [1.54, 1.807) is 10.7 Å². The van der Waals surface area contributed by atoms with Crippen molar-refractivity contribution in [3.63, 3.8) is 0 Å². The zero-order valence-corrected chi connectivity index (χ0v) is 12.3. The molecule has 0 saturated carbocycles. The summed E-state index contributed by atoms with van der Waals surface area (Å²) in [6.45, 7) is 0. The topological polar surface area (TPSA) is 60.9 Å². The first-order valence-electron chi connectivity index (χ1n) is 7.80. The highest BCUT2D eigenvalue weighted by Crippen LogP contribution is 2.21. The molecule has 2 heterocycles. The molecule has 0 amide bonds. The van der Waals surface area contributed by atoms with Crippen molar-refractivity contribution in [2.24, 2.45) is 0 Å². The van der Waals surface area contributed by atoms with Gasteiger partial charge < -0.3 is 4.42 Å². The Hall–Kier alpha value is -2.43. The van der Waals surface area contributed by atoms with Gasteiger partial charge in [-0.25, -0.2) is 9.48 Å². The summed E-state index contributed by atoms with van der Waals surface area (Å²) in [7, 11) is 0. The minimum Gasteiger partial charge on any atom is -0.421 e. The number of nitrogens with zero attached hydrogens (tertiary/aromatic N) is 3. The van der Waals surface area contributed by atoms with Crippen molar-refractivity contribution in [1.82, 2.24) is 15.0 Å². The lowest BCUT2D eigenvalue weighted by molar-refractivity contribution is 0.546. The minimum atomic E-state index is -0.367. The summed E-state index contributed by atoms with van der Waals surface area (Å²) >= 11 is 0. The monoisotopic (exact) mass is 295 g/mol. The van der Waals surface area contributed by atoms with Crippen LogP contribution in [-0.2, 0) is 12.8 Å². The van der Waals surface area contributed by atoms with Gasteiger partial charge >= 0.3 is 5.63 Å². The molecule has 0 atom stereocenters. The van der Waals surface area contributed by atoms with Gasteiger partial charge in [0.05, 0.1) is 11.4 Å². The van der Waals surface area contributed by atoms with Gasteiger partial charge in [0.25, 0.3) is 0 Å².